The van der Waals surface area contributed by atoms with Crippen molar-refractivity contribution in [3.05, 3.63) is 29.8 Å². The van der Waals surface area contributed by atoms with E-state index in [2.05, 4.69) is 51.7 Å². The molecule has 1 aliphatic rings. The van der Waals surface area contributed by atoms with Gasteiger partial charge in [-0.15, -0.1) is 0 Å². The number of nitrogens with zero attached hydrogens (tertiary/aromatic N) is 2. The average Bonchev–Trinajstić information content (AvgIpc) is 3.04. The van der Waals surface area contributed by atoms with Gasteiger partial charge in [-0.3, -0.25) is 4.99 Å². The van der Waals surface area contributed by atoms with Gasteiger partial charge in [0.2, 0.25) is 0 Å². The molecular weight excluding hydrogens is 336 g/mol. The van der Waals surface area contributed by atoms with E-state index in [0.29, 0.717) is 18.5 Å². The summed E-state index contributed by atoms with van der Waals surface area (Å²) in [6.07, 6.45) is 1.03. The van der Waals surface area contributed by atoms with E-state index < -0.39 is 9.84 Å². The zero-order valence-electron chi connectivity index (χ0n) is 15.5. The van der Waals surface area contributed by atoms with Gasteiger partial charge in [0, 0.05) is 37.1 Å². The molecule has 1 heterocycles. The zero-order valence-corrected chi connectivity index (χ0v) is 16.3. The van der Waals surface area contributed by atoms with Gasteiger partial charge in [0.05, 0.1) is 12.3 Å². The van der Waals surface area contributed by atoms with Crippen LogP contribution < -0.4 is 15.5 Å². The summed E-state index contributed by atoms with van der Waals surface area (Å²) in [5.74, 6) is 0.963. The number of rotatable bonds is 7. The van der Waals surface area contributed by atoms with Crippen molar-refractivity contribution in [2.75, 3.05) is 42.6 Å². The number of sulfone groups is 1. The highest BCUT2D eigenvalue weighted by atomic mass is 32.2. The fourth-order valence-corrected chi connectivity index (χ4v) is 3.48. The number of guanidine groups is 1. The third kappa shape index (κ3) is 6.23. The first-order chi connectivity index (χ1) is 11.9. The summed E-state index contributed by atoms with van der Waals surface area (Å²) < 4.78 is 23.2. The summed E-state index contributed by atoms with van der Waals surface area (Å²) in [5, 5.41) is 6.64. The minimum absolute atomic E-state index is 0.0975. The molecule has 140 valence electrons. The monoisotopic (exact) mass is 366 g/mol. The van der Waals surface area contributed by atoms with Gasteiger partial charge in [-0.25, -0.2) is 8.42 Å². The molecule has 1 aromatic carbocycles. The molecule has 0 spiro atoms. The number of anilines is 1. The van der Waals surface area contributed by atoms with Crippen molar-refractivity contribution in [1.29, 1.82) is 0 Å². The lowest BCUT2D eigenvalue weighted by Gasteiger charge is -2.20. The van der Waals surface area contributed by atoms with Crippen LogP contribution in [0.1, 0.15) is 25.8 Å². The van der Waals surface area contributed by atoms with E-state index in [1.807, 2.05) is 6.92 Å². The molecule has 1 atom stereocenters. The molecule has 1 unspecified atom stereocenters. The lowest BCUT2D eigenvalue weighted by atomic mass is 10.2. The van der Waals surface area contributed by atoms with Crippen molar-refractivity contribution in [2.45, 2.75) is 33.2 Å². The molecular formula is C18H30N4O2S. The maximum absolute atomic E-state index is 11.6. The molecule has 0 bridgehead atoms. The largest absolute Gasteiger partial charge is 0.369 e. The SMILES string of the molecule is CCNC(=NCCS(=O)(=O)CC)NC1CCN(c2ccc(C)cc2)C1. The predicted octanol–water partition coefficient (Wildman–Crippen LogP) is 1.56. The summed E-state index contributed by atoms with van der Waals surface area (Å²) >= 11 is 0. The Morgan fingerprint density at radius 3 is 2.64 bits per heavy atom. The van der Waals surface area contributed by atoms with Crippen LogP contribution in [0.15, 0.2) is 29.3 Å². The van der Waals surface area contributed by atoms with Crippen molar-refractivity contribution in [3.8, 4) is 0 Å². The van der Waals surface area contributed by atoms with Crippen molar-refractivity contribution in [1.82, 2.24) is 10.6 Å². The molecule has 0 amide bonds. The summed E-state index contributed by atoms with van der Waals surface area (Å²) in [7, 11) is -2.98. The van der Waals surface area contributed by atoms with Gasteiger partial charge >= 0.3 is 0 Å². The Balaban J connectivity index is 1.90. The van der Waals surface area contributed by atoms with Crippen LogP contribution in [0.2, 0.25) is 0 Å². The van der Waals surface area contributed by atoms with E-state index in [1.165, 1.54) is 11.3 Å². The van der Waals surface area contributed by atoms with E-state index in [0.717, 1.165) is 26.1 Å². The van der Waals surface area contributed by atoms with Gasteiger partial charge in [0.25, 0.3) is 0 Å². The third-order valence-electron chi connectivity index (χ3n) is 4.38. The van der Waals surface area contributed by atoms with Gasteiger partial charge < -0.3 is 15.5 Å². The van der Waals surface area contributed by atoms with Gasteiger partial charge in [-0.05, 0) is 32.4 Å². The van der Waals surface area contributed by atoms with E-state index in [-0.39, 0.29) is 11.5 Å². The van der Waals surface area contributed by atoms with Crippen LogP contribution >= 0.6 is 0 Å². The highest BCUT2D eigenvalue weighted by Gasteiger charge is 2.23. The van der Waals surface area contributed by atoms with Crippen LogP contribution in [-0.2, 0) is 9.84 Å². The van der Waals surface area contributed by atoms with Crippen molar-refractivity contribution in [3.63, 3.8) is 0 Å². The molecule has 6 nitrogen and oxygen atoms in total. The first-order valence-electron chi connectivity index (χ1n) is 9.00. The normalized spacial score (nSPS) is 18.4. The molecule has 1 aromatic rings. The molecule has 7 heteroatoms. The fourth-order valence-electron chi connectivity index (χ4n) is 2.82. The second-order valence-corrected chi connectivity index (χ2v) is 8.88. The summed E-state index contributed by atoms with van der Waals surface area (Å²) in [6.45, 7) is 8.73. The van der Waals surface area contributed by atoms with Crippen LogP contribution in [0.3, 0.4) is 0 Å². The molecule has 0 aliphatic carbocycles. The Kier molecular flexibility index (Phi) is 7.11. The van der Waals surface area contributed by atoms with Crippen molar-refractivity contribution >= 4 is 21.5 Å². The predicted molar refractivity (Wildman–Crippen MR) is 105 cm³/mol. The molecule has 25 heavy (non-hydrogen) atoms. The number of aliphatic imine (C=N–C) groups is 1. The van der Waals surface area contributed by atoms with Crippen LogP contribution in [0, 0.1) is 6.92 Å². The van der Waals surface area contributed by atoms with E-state index in [1.54, 1.807) is 6.92 Å². The minimum Gasteiger partial charge on any atom is -0.369 e. The second kappa shape index (κ2) is 9.08. The quantitative estimate of drug-likeness (QED) is 0.566. The first kappa shape index (κ1) is 19.6. The van der Waals surface area contributed by atoms with Gasteiger partial charge in [0.15, 0.2) is 15.8 Å². The molecule has 1 saturated heterocycles. The van der Waals surface area contributed by atoms with Crippen LogP contribution in [-0.4, -0.2) is 58.1 Å². The molecule has 1 aliphatic heterocycles. The highest BCUT2D eigenvalue weighted by molar-refractivity contribution is 7.91. The lowest BCUT2D eigenvalue weighted by Crippen LogP contribution is -2.44. The molecule has 2 N–H and O–H groups in total. The molecule has 2 rings (SSSR count). The van der Waals surface area contributed by atoms with Crippen LogP contribution in [0.25, 0.3) is 0 Å². The third-order valence-corrected chi connectivity index (χ3v) is 6.07. The smallest absolute Gasteiger partial charge is 0.191 e. The standard InChI is InChI=1S/C18H30N4O2S/c1-4-19-18(20-11-13-25(23,24)5-2)21-16-10-12-22(14-16)17-8-6-15(3)7-9-17/h6-9,16H,4-5,10-14H2,1-3H3,(H2,19,20,21). The maximum Gasteiger partial charge on any atom is 0.191 e. The Morgan fingerprint density at radius 2 is 2.00 bits per heavy atom. The number of benzene rings is 1. The molecule has 0 aromatic heterocycles. The Bertz CT molecular complexity index is 671. The topological polar surface area (TPSA) is 73.8 Å². The number of nitrogens with one attached hydrogen (secondary N) is 2. The maximum atomic E-state index is 11.6. The molecule has 1 fully saturated rings. The summed E-state index contributed by atoms with van der Waals surface area (Å²) in [6, 6.07) is 8.90. The Morgan fingerprint density at radius 1 is 1.28 bits per heavy atom. The number of aryl methyl sites for hydroxylation is 1. The van der Waals surface area contributed by atoms with Gasteiger partial charge in [0.1, 0.15) is 0 Å². The van der Waals surface area contributed by atoms with E-state index >= 15 is 0 Å². The number of hydrogen-bond acceptors (Lipinski definition) is 4. The average molecular weight is 367 g/mol. The van der Waals surface area contributed by atoms with Gasteiger partial charge in [-0.1, -0.05) is 24.6 Å². The lowest BCUT2D eigenvalue weighted by molar-refractivity contribution is 0.597. The minimum atomic E-state index is -2.98. The molecule has 0 saturated carbocycles. The van der Waals surface area contributed by atoms with Crippen molar-refractivity contribution in [2.24, 2.45) is 4.99 Å². The van der Waals surface area contributed by atoms with Crippen molar-refractivity contribution < 1.29 is 8.42 Å². The molecule has 0 radical (unpaired) electrons. The highest BCUT2D eigenvalue weighted by Crippen LogP contribution is 2.20. The van der Waals surface area contributed by atoms with E-state index in [9.17, 15) is 8.42 Å². The van der Waals surface area contributed by atoms with Gasteiger partial charge in [-0.2, -0.15) is 0 Å². The Labute approximate surface area is 151 Å². The van der Waals surface area contributed by atoms with E-state index in [4.69, 9.17) is 0 Å². The second-order valence-electron chi connectivity index (χ2n) is 6.41. The Hall–Kier alpha value is -1.76. The van der Waals surface area contributed by atoms with Crippen LogP contribution in [0.5, 0.6) is 0 Å². The fraction of sp³-hybridized carbons (Fsp3) is 0.611. The van der Waals surface area contributed by atoms with Crippen LogP contribution in [0.4, 0.5) is 5.69 Å². The number of hydrogen-bond donors (Lipinski definition) is 2. The first-order valence-corrected chi connectivity index (χ1v) is 10.8. The zero-order chi connectivity index (χ0) is 18.3. The summed E-state index contributed by atoms with van der Waals surface area (Å²) in [5.41, 5.74) is 2.51. The summed E-state index contributed by atoms with van der Waals surface area (Å²) in [4.78, 5) is 6.78.